The molecule has 1 N–H and O–H groups in total. The molecule has 15 heavy (non-hydrogen) atoms. The molecule has 1 unspecified atom stereocenters. The van der Waals surface area contributed by atoms with Crippen LogP contribution >= 0.6 is 0 Å². The third kappa shape index (κ3) is 4.04. The van der Waals surface area contributed by atoms with E-state index in [0.717, 1.165) is 12.8 Å². The Balaban J connectivity index is 4.49. The molecule has 0 aliphatic carbocycles. The van der Waals surface area contributed by atoms with Crippen LogP contribution in [0.4, 0.5) is 0 Å². The predicted molar refractivity (Wildman–Crippen MR) is 60.5 cm³/mol. The fourth-order valence-electron chi connectivity index (χ4n) is 1.59. The number of rotatable bonds is 6. The van der Waals surface area contributed by atoms with Crippen LogP contribution < -0.4 is 0 Å². The normalized spacial score (nSPS) is 13.4. The molecule has 0 heterocycles. The van der Waals surface area contributed by atoms with Crippen LogP contribution in [0.3, 0.4) is 0 Å². The van der Waals surface area contributed by atoms with Gasteiger partial charge in [0, 0.05) is 0 Å². The first-order valence-corrected chi connectivity index (χ1v) is 5.40. The van der Waals surface area contributed by atoms with Crippen LogP contribution in [0, 0.1) is 5.41 Å². The van der Waals surface area contributed by atoms with E-state index < -0.39 is 12.1 Å². The summed E-state index contributed by atoms with van der Waals surface area (Å²) < 4.78 is 4.80. The fourth-order valence-corrected chi connectivity index (χ4v) is 1.59. The first-order chi connectivity index (χ1) is 6.86. The monoisotopic (exact) mass is 214 g/mol. The largest absolute Gasteiger partial charge is 0.463 e. The van der Waals surface area contributed by atoms with Crippen LogP contribution in [0.5, 0.6) is 0 Å². The average Bonchev–Trinajstić information content (AvgIpc) is 2.15. The lowest BCUT2D eigenvalue weighted by Gasteiger charge is -2.30. The smallest absolute Gasteiger partial charge is 0.336 e. The number of esters is 1. The second-order valence-corrected chi connectivity index (χ2v) is 4.39. The highest BCUT2D eigenvalue weighted by Crippen LogP contribution is 2.30. The molecular formula is C12H22O3. The van der Waals surface area contributed by atoms with Crippen molar-refractivity contribution in [3.63, 3.8) is 0 Å². The van der Waals surface area contributed by atoms with Crippen molar-refractivity contribution < 1.29 is 14.6 Å². The van der Waals surface area contributed by atoms with Gasteiger partial charge in [-0.2, -0.15) is 0 Å². The molecule has 0 rings (SSSR count). The third-order valence-electron chi connectivity index (χ3n) is 2.50. The lowest BCUT2D eigenvalue weighted by atomic mass is 9.79. The van der Waals surface area contributed by atoms with E-state index in [1.807, 2.05) is 20.8 Å². The van der Waals surface area contributed by atoms with Gasteiger partial charge in [-0.1, -0.05) is 33.8 Å². The summed E-state index contributed by atoms with van der Waals surface area (Å²) in [5.41, 5.74) is -0.186. The van der Waals surface area contributed by atoms with Crippen molar-refractivity contribution in [2.75, 3.05) is 6.61 Å². The maximum absolute atomic E-state index is 11.4. The Labute approximate surface area is 92.1 Å². The molecule has 0 aromatic heterocycles. The number of aliphatic hydroxyl groups excluding tert-OH is 1. The van der Waals surface area contributed by atoms with Crippen LogP contribution in [-0.4, -0.2) is 23.8 Å². The Morgan fingerprint density at radius 1 is 1.47 bits per heavy atom. The lowest BCUT2D eigenvalue weighted by molar-refractivity contribution is -0.140. The van der Waals surface area contributed by atoms with Crippen molar-refractivity contribution in [1.29, 1.82) is 0 Å². The minimum absolute atomic E-state index is 0.148. The van der Waals surface area contributed by atoms with E-state index in [4.69, 9.17) is 4.74 Å². The van der Waals surface area contributed by atoms with Crippen molar-refractivity contribution in [2.24, 2.45) is 5.41 Å². The van der Waals surface area contributed by atoms with Gasteiger partial charge in [-0.15, -0.1) is 0 Å². The Bertz CT molecular complexity index is 231. The fraction of sp³-hybridized carbons (Fsp3) is 0.750. The van der Waals surface area contributed by atoms with Crippen molar-refractivity contribution in [3.8, 4) is 0 Å². The van der Waals surface area contributed by atoms with Crippen LogP contribution in [0.1, 0.15) is 40.5 Å². The first kappa shape index (κ1) is 14.2. The van der Waals surface area contributed by atoms with Crippen molar-refractivity contribution in [1.82, 2.24) is 0 Å². The summed E-state index contributed by atoms with van der Waals surface area (Å²) in [7, 11) is 0. The van der Waals surface area contributed by atoms with E-state index in [9.17, 15) is 9.90 Å². The molecule has 0 aliphatic rings. The molecular weight excluding hydrogens is 192 g/mol. The van der Waals surface area contributed by atoms with Gasteiger partial charge in [0.05, 0.1) is 18.3 Å². The summed E-state index contributed by atoms with van der Waals surface area (Å²) in [6.45, 7) is 11.5. The van der Waals surface area contributed by atoms with Gasteiger partial charge in [0.25, 0.3) is 0 Å². The molecule has 0 amide bonds. The Kier molecular flexibility index (Phi) is 5.58. The summed E-state index contributed by atoms with van der Waals surface area (Å²) in [6.07, 6.45) is 0.962. The zero-order valence-corrected chi connectivity index (χ0v) is 10.2. The van der Waals surface area contributed by atoms with E-state index >= 15 is 0 Å². The number of carbonyl (C=O) groups is 1. The Morgan fingerprint density at radius 3 is 2.40 bits per heavy atom. The Morgan fingerprint density at radius 2 is 2.00 bits per heavy atom. The van der Waals surface area contributed by atoms with Crippen molar-refractivity contribution in [3.05, 3.63) is 12.2 Å². The van der Waals surface area contributed by atoms with Crippen molar-refractivity contribution >= 4 is 5.97 Å². The molecule has 0 spiro atoms. The van der Waals surface area contributed by atoms with Gasteiger partial charge in [0.15, 0.2) is 0 Å². The maximum Gasteiger partial charge on any atom is 0.336 e. The standard InChI is InChI=1S/C12H22O3/c1-6-8-12(4,5)10(13)9(3)11(14)15-7-2/h10,13H,3,6-8H2,1-2,4-5H3. The van der Waals surface area contributed by atoms with E-state index in [0.29, 0.717) is 6.61 Å². The second kappa shape index (κ2) is 5.91. The minimum Gasteiger partial charge on any atom is -0.463 e. The molecule has 0 bridgehead atoms. The molecule has 3 nitrogen and oxygen atoms in total. The number of hydrogen-bond donors (Lipinski definition) is 1. The quantitative estimate of drug-likeness (QED) is 0.545. The number of hydrogen-bond acceptors (Lipinski definition) is 3. The van der Waals surface area contributed by atoms with Gasteiger partial charge in [-0.3, -0.25) is 0 Å². The van der Waals surface area contributed by atoms with E-state index in [-0.39, 0.29) is 11.0 Å². The van der Waals surface area contributed by atoms with E-state index in [2.05, 4.69) is 6.58 Å². The zero-order valence-electron chi connectivity index (χ0n) is 10.2. The highest BCUT2D eigenvalue weighted by molar-refractivity contribution is 5.88. The average molecular weight is 214 g/mol. The van der Waals surface area contributed by atoms with Gasteiger partial charge in [0.2, 0.25) is 0 Å². The topological polar surface area (TPSA) is 46.5 Å². The summed E-state index contributed by atoms with van der Waals surface area (Å²) in [5.74, 6) is -0.505. The molecule has 0 aliphatic heterocycles. The molecule has 88 valence electrons. The SMILES string of the molecule is C=C(C(=O)OCC)C(O)C(C)(C)CCC. The van der Waals surface area contributed by atoms with Crippen molar-refractivity contribution in [2.45, 2.75) is 46.6 Å². The summed E-state index contributed by atoms with van der Waals surface area (Å²) in [4.78, 5) is 11.4. The van der Waals surface area contributed by atoms with Crippen LogP contribution in [-0.2, 0) is 9.53 Å². The van der Waals surface area contributed by atoms with E-state index in [1.165, 1.54) is 0 Å². The van der Waals surface area contributed by atoms with Gasteiger partial charge in [0.1, 0.15) is 0 Å². The number of ether oxygens (including phenoxy) is 1. The van der Waals surface area contributed by atoms with E-state index in [1.54, 1.807) is 6.92 Å². The third-order valence-corrected chi connectivity index (χ3v) is 2.50. The first-order valence-electron chi connectivity index (χ1n) is 5.40. The number of aliphatic hydroxyl groups is 1. The van der Waals surface area contributed by atoms with Gasteiger partial charge >= 0.3 is 5.97 Å². The highest BCUT2D eigenvalue weighted by atomic mass is 16.5. The summed E-state index contributed by atoms with van der Waals surface area (Å²) in [5, 5.41) is 9.97. The molecule has 1 atom stereocenters. The Hall–Kier alpha value is -0.830. The lowest BCUT2D eigenvalue weighted by Crippen LogP contribution is -2.34. The maximum atomic E-state index is 11.4. The molecule has 0 saturated carbocycles. The predicted octanol–water partition coefficient (Wildman–Crippen LogP) is 2.29. The molecule has 0 fully saturated rings. The summed E-state index contributed by atoms with van der Waals surface area (Å²) >= 11 is 0. The van der Waals surface area contributed by atoms with Crippen LogP contribution in [0.25, 0.3) is 0 Å². The molecule has 0 saturated heterocycles. The molecule has 0 radical (unpaired) electrons. The zero-order chi connectivity index (χ0) is 12.1. The molecule has 3 heteroatoms. The minimum atomic E-state index is -0.837. The molecule has 0 aromatic rings. The van der Waals surface area contributed by atoms with Gasteiger partial charge in [-0.05, 0) is 18.8 Å². The molecule has 0 aromatic carbocycles. The number of carbonyl (C=O) groups excluding carboxylic acids is 1. The van der Waals surface area contributed by atoms with Crippen LogP contribution in [0.2, 0.25) is 0 Å². The van der Waals surface area contributed by atoms with Gasteiger partial charge in [-0.25, -0.2) is 4.79 Å². The summed E-state index contributed by atoms with van der Waals surface area (Å²) in [6, 6.07) is 0. The van der Waals surface area contributed by atoms with Gasteiger partial charge < -0.3 is 9.84 Å². The highest BCUT2D eigenvalue weighted by Gasteiger charge is 2.32. The van der Waals surface area contributed by atoms with Crippen LogP contribution in [0.15, 0.2) is 12.2 Å². The second-order valence-electron chi connectivity index (χ2n) is 4.39.